The number of rotatable bonds is 8. The maximum absolute atomic E-state index is 13.5. The number of benzene rings is 3. The number of carboxylic acid groups (broad SMARTS) is 1. The van der Waals surface area contributed by atoms with Crippen LogP contribution in [0, 0.1) is 13.8 Å². The van der Waals surface area contributed by atoms with Crippen molar-refractivity contribution in [3.8, 4) is 22.3 Å². The Bertz CT molecular complexity index is 2030. The maximum atomic E-state index is 13.5. The standard InChI is InChI=1S/C24H19ClF6N2O2.C13H10ClNO2/c1-14-12-32-21(25)20(19(14)16-5-3-2-4-6-16)22(35)33(7-8-34)13-15-9-17(23(26,27)28)11-18(10-15)24(29,30)31;1-8-7-15-12(14)11(13(16)17)10(8)9-5-3-2-4-6-9/h2-6,9-12,34H,7-8,13H2,1H3;2-7H,1H3,(H,16,17). The van der Waals surface area contributed by atoms with E-state index in [2.05, 4.69) is 9.97 Å². The van der Waals surface area contributed by atoms with Crippen molar-refractivity contribution in [3.63, 3.8) is 0 Å². The monoisotopic (exact) mass is 763 g/mol. The van der Waals surface area contributed by atoms with Gasteiger partial charge in [0.05, 0.1) is 23.3 Å². The van der Waals surface area contributed by atoms with E-state index in [-0.39, 0.29) is 34.0 Å². The number of amides is 1. The minimum absolute atomic E-state index is 0.0105. The van der Waals surface area contributed by atoms with Gasteiger partial charge in [-0.05, 0) is 59.9 Å². The van der Waals surface area contributed by atoms with Crippen molar-refractivity contribution in [1.29, 1.82) is 0 Å². The first-order valence-corrected chi connectivity index (χ1v) is 16.0. The molecule has 0 radical (unpaired) electrons. The Morgan fingerprint density at radius 3 is 1.54 bits per heavy atom. The molecule has 0 fully saturated rings. The third-order valence-electron chi connectivity index (χ3n) is 7.68. The highest BCUT2D eigenvalue weighted by molar-refractivity contribution is 6.34. The van der Waals surface area contributed by atoms with E-state index in [9.17, 15) is 46.1 Å². The average molecular weight is 765 g/mol. The first kappa shape index (κ1) is 39.8. The van der Waals surface area contributed by atoms with Crippen LogP contribution in [0.15, 0.2) is 91.3 Å². The third kappa shape index (κ3) is 9.46. The van der Waals surface area contributed by atoms with Gasteiger partial charge in [-0.15, -0.1) is 0 Å². The first-order valence-electron chi connectivity index (χ1n) is 15.3. The van der Waals surface area contributed by atoms with Crippen LogP contribution in [0.4, 0.5) is 26.3 Å². The zero-order valence-corrected chi connectivity index (χ0v) is 28.9. The van der Waals surface area contributed by atoms with E-state index in [0.29, 0.717) is 34.4 Å². The van der Waals surface area contributed by atoms with Crippen LogP contribution in [-0.4, -0.2) is 50.1 Å². The maximum Gasteiger partial charge on any atom is 0.416 e. The van der Waals surface area contributed by atoms with Gasteiger partial charge in [0.2, 0.25) is 0 Å². The molecule has 2 heterocycles. The SMILES string of the molecule is Cc1cnc(Cl)c(C(=O)N(CCO)Cc2cc(C(F)(F)F)cc(C(F)(F)F)c2)c1-c1ccccc1.Cc1cnc(Cl)c(C(=O)O)c1-c1ccccc1. The molecule has 5 aromatic rings. The molecule has 0 unspecified atom stereocenters. The summed E-state index contributed by atoms with van der Waals surface area (Å²) in [5.74, 6) is -1.87. The second kappa shape index (κ2) is 16.6. The summed E-state index contributed by atoms with van der Waals surface area (Å²) in [6, 6.07) is 19.0. The van der Waals surface area contributed by atoms with Crippen molar-refractivity contribution >= 4 is 35.1 Å². The highest BCUT2D eigenvalue weighted by Crippen LogP contribution is 2.37. The highest BCUT2D eigenvalue weighted by atomic mass is 35.5. The van der Waals surface area contributed by atoms with Gasteiger partial charge in [0, 0.05) is 36.6 Å². The lowest BCUT2D eigenvalue weighted by atomic mass is 9.96. The molecule has 272 valence electrons. The molecular weight excluding hydrogens is 735 g/mol. The van der Waals surface area contributed by atoms with Crippen LogP contribution >= 0.6 is 23.2 Å². The number of hydrogen-bond donors (Lipinski definition) is 2. The molecule has 0 bridgehead atoms. The Labute approximate surface area is 304 Å². The second-order valence-electron chi connectivity index (χ2n) is 11.4. The lowest BCUT2D eigenvalue weighted by Crippen LogP contribution is -2.34. The molecule has 0 spiro atoms. The smallest absolute Gasteiger partial charge is 0.416 e. The van der Waals surface area contributed by atoms with Gasteiger partial charge in [-0.3, -0.25) is 4.79 Å². The van der Waals surface area contributed by atoms with Crippen LogP contribution in [0.2, 0.25) is 10.3 Å². The number of aliphatic hydroxyl groups excluding tert-OH is 1. The topological polar surface area (TPSA) is 104 Å². The van der Waals surface area contributed by atoms with E-state index >= 15 is 0 Å². The molecule has 0 aliphatic heterocycles. The minimum atomic E-state index is -5.04. The van der Waals surface area contributed by atoms with E-state index < -0.39 is 54.1 Å². The predicted octanol–water partition coefficient (Wildman–Crippen LogP) is 9.79. The number of nitrogens with zero attached hydrogens (tertiary/aromatic N) is 3. The number of aromatic carboxylic acids is 1. The van der Waals surface area contributed by atoms with Gasteiger partial charge in [0.15, 0.2) is 0 Å². The van der Waals surface area contributed by atoms with E-state index in [4.69, 9.17) is 23.2 Å². The van der Waals surface area contributed by atoms with Gasteiger partial charge in [-0.2, -0.15) is 26.3 Å². The van der Waals surface area contributed by atoms with Crippen molar-refractivity contribution in [3.05, 3.63) is 141 Å². The summed E-state index contributed by atoms with van der Waals surface area (Å²) in [4.78, 5) is 33.6. The van der Waals surface area contributed by atoms with Crippen molar-refractivity contribution < 1.29 is 46.1 Å². The number of pyridine rings is 2. The van der Waals surface area contributed by atoms with Gasteiger partial charge in [-0.1, -0.05) is 83.9 Å². The van der Waals surface area contributed by atoms with Crippen LogP contribution in [0.3, 0.4) is 0 Å². The molecule has 2 aromatic heterocycles. The fourth-order valence-electron chi connectivity index (χ4n) is 5.37. The van der Waals surface area contributed by atoms with E-state index in [0.717, 1.165) is 16.0 Å². The Morgan fingerprint density at radius 1 is 0.712 bits per heavy atom. The summed E-state index contributed by atoms with van der Waals surface area (Å²) in [6.07, 6.45) is -7.05. The molecular formula is C37H29Cl2F6N3O4. The number of alkyl halides is 6. The fraction of sp³-hybridized carbons (Fsp3) is 0.189. The van der Waals surface area contributed by atoms with Crippen LogP contribution in [0.25, 0.3) is 22.3 Å². The van der Waals surface area contributed by atoms with Gasteiger partial charge in [0.25, 0.3) is 5.91 Å². The van der Waals surface area contributed by atoms with E-state index in [1.165, 1.54) is 6.20 Å². The molecule has 5 rings (SSSR count). The summed E-state index contributed by atoms with van der Waals surface area (Å²) in [5.41, 5.74) is 0.407. The molecule has 0 aliphatic rings. The van der Waals surface area contributed by atoms with Crippen LogP contribution in [0.1, 0.15) is 48.5 Å². The number of carbonyl (C=O) groups is 2. The molecule has 0 aliphatic carbocycles. The second-order valence-corrected chi connectivity index (χ2v) is 12.1. The number of carboxylic acids is 1. The Morgan fingerprint density at radius 2 is 1.13 bits per heavy atom. The van der Waals surface area contributed by atoms with Crippen molar-refractivity contribution in [1.82, 2.24) is 14.9 Å². The normalized spacial score (nSPS) is 11.4. The molecule has 52 heavy (non-hydrogen) atoms. The molecule has 7 nitrogen and oxygen atoms in total. The summed E-state index contributed by atoms with van der Waals surface area (Å²) in [5, 5.41) is 18.5. The van der Waals surface area contributed by atoms with Crippen molar-refractivity contribution in [2.75, 3.05) is 13.2 Å². The van der Waals surface area contributed by atoms with Gasteiger partial charge in [-0.25, -0.2) is 14.8 Å². The third-order valence-corrected chi connectivity index (χ3v) is 8.25. The Hall–Kier alpha value is -4.98. The van der Waals surface area contributed by atoms with E-state index in [1.54, 1.807) is 43.5 Å². The highest BCUT2D eigenvalue weighted by Gasteiger charge is 2.37. The van der Waals surface area contributed by atoms with E-state index in [1.807, 2.05) is 37.3 Å². The number of carbonyl (C=O) groups excluding carboxylic acids is 1. The number of halogens is 8. The minimum Gasteiger partial charge on any atom is -0.478 e. The van der Waals surface area contributed by atoms with Crippen molar-refractivity contribution in [2.45, 2.75) is 32.7 Å². The fourth-order valence-corrected chi connectivity index (χ4v) is 5.82. The van der Waals surface area contributed by atoms with Gasteiger partial charge < -0.3 is 15.1 Å². The van der Waals surface area contributed by atoms with Crippen LogP contribution in [0.5, 0.6) is 0 Å². The van der Waals surface area contributed by atoms with Crippen LogP contribution in [-0.2, 0) is 18.9 Å². The predicted molar refractivity (Wildman–Crippen MR) is 184 cm³/mol. The molecule has 1 amide bonds. The number of hydrogen-bond acceptors (Lipinski definition) is 5. The number of aromatic nitrogens is 2. The quantitative estimate of drug-likeness (QED) is 0.121. The molecule has 0 saturated heterocycles. The molecule has 0 saturated carbocycles. The van der Waals surface area contributed by atoms with Gasteiger partial charge >= 0.3 is 18.3 Å². The molecule has 2 N–H and O–H groups in total. The summed E-state index contributed by atoms with van der Waals surface area (Å²) in [7, 11) is 0. The zero-order chi connectivity index (χ0) is 38.4. The Balaban J connectivity index is 0.000000296. The summed E-state index contributed by atoms with van der Waals surface area (Å²) < 4.78 is 79.6. The molecule has 0 atom stereocenters. The first-order chi connectivity index (χ1) is 24.4. The lowest BCUT2D eigenvalue weighted by molar-refractivity contribution is -0.143. The van der Waals surface area contributed by atoms with Crippen LogP contribution < -0.4 is 0 Å². The Kier molecular flexibility index (Phi) is 12.7. The largest absolute Gasteiger partial charge is 0.478 e. The van der Waals surface area contributed by atoms with Crippen molar-refractivity contribution in [2.24, 2.45) is 0 Å². The zero-order valence-electron chi connectivity index (χ0n) is 27.4. The molecule has 15 heteroatoms. The number of aliphatic hydroxyl groups is 1. The number of aryl methyl sites for hydroxylation is 2. The average Bonchev–Trinajstić information content (AvgIpc) is 3.09. The van der Waals surface area contributed by atoms with Gasteiger partial charge in [0.1, 0.15) is 15.9 Å². The molecule has 3 aromatic carbocycles. The summed E-state index contributed by atoms with van der Waals surface area (Å²) >= 11 is 12.1. The summed E-state index contributed by atoms with van der Waals surface area (Å²) in [6.45, 7) is 1.91. The lowest BCUT2D eigenvalue weighted by Gasteiger charge is -2.25.